The van der Waals surface area contributed by atoms with Crippen LogP contribution in [-0.4, -0.2) is 59.4 Å². The lowest BCUT2D eigenvalue weighted by Gasteiger charge is -2.48. The van der Waals surface area contributed by atoms with Crippen LogP contribution in [0.4, 0.5) is 0 Å². The number of nitrogens with zero attached hydrogens (tertiary/aromatic N) is 3. The van der Waals surface area contributed by atoms with Gasteiger partial charge in [0.2, 0.25) is 5.91 Å². The highest BCUT2D eigenvalue weighted by Crippen LogP contribution is 2.38. The number of hydrogen-bond acceptors (Lipinski definition) is 3. The molecule has 3 aromatic rings. The lowest BCUT2D eigenvalue weighted by molar-refractivity contribution is -0.146. The number of halogens is 1. The third-order valence-electron chi connectivity index (χ3n) is 8.41. The molecule has 0 N–H and O–H groups in total. The number of fused-ring (bicyclic) bond motifs is 1. The number of amides is 1. The summed E-state index contributed by atoms with van der Waals surface area (Å²) in [6.45, 7) is 8.20. The monoisotopic (exact) mass is 503 g/mol. The maximum atomic E-state index is 14.4. The van der Waals surface area contributed by atoms with Crippen LogP contribution in [0.2, 0.25) is 0 Å². The van der Waals surface area contributed by atoms with E-state index in [1.54, 1.807) is 0 Å². The number of hydrogen-bond donors (Lipinski definition) is 0. The van der Waals surface area contributed by atoms with Gasteiger partial charge in [0.15, 0.2) is 0 Å². The number of benzene rings is 3. The topological polar surface area (TPSA) is 26.8 Å². The number of piperazine rings is 1. The van der Waals surface area contributed by atoms with Gasteiger partial charge < -0.3 is 4.90 Å². The van der Waals surface area contributed by atoms with E-state index in [9.17, 15) is 4.79 Å². The summed E-state index contributed by atoms with van der Waals surface area (Å²) in [4.78, 5) is 21.4. The van der Waals surface area contributed by atoms with Gasteiger partial charge in [0.1, 0.15) is 5.54 Å². The van der Waals surface area contributed by atoms with E-state index in [1.807, 2.05) is 18.0 Å². The maximum Gasteiger partial charge on any atom is 0.244 e. The zero-order valence-corrected chi connectivity index (χ0v) is 22.5. The number of likely N-dealkylation sites (N-methyl/N-ethyl adjacent to an activating group) is 1. The van der Waals surface area contributed by atoms with Crippen molar-refractivity contribution in [2.24, 2.45) is 0 Å². The lowest BCUT2D eigenvalue weighted by Crippen LogP contribution is -2.64. The second-order valence-corrected chi connectivity index (χ2v) is 10.3. The van der Waals surface area contributed by atoms with E-state index in [1.165, 1.54) is 22.3 Å². The Kier molecular flexibility index (Phi) is 8.19. The smallest absolute Gasteiger partial charge is 0.244 e. The molecular formula is C31H38ClN3O. The van der Waals surface area contributed by atoms with E-state index in [0.29, 0.717) is 6.04 Å². The van der Waals surface area contributed by atoms with Crippen molar-refractivity contribution in [3.8, 4) is 0 Å². The van der Waals surface area contributed by atoms with E-state index in [4.69, 9.17) is 0 Å². The van der Waals surface area contributed by atoms with Crippen LogP contribution in [0.3, 0.4) is 0 Å². The SMILES string of the molecule is C[C@H](c1ccccc1)N1CCN(C2(C(=O)N(C)[C@H](C)c3ccccc3)Cc3ccccc3C2)CC1.Cl. The van der Waals surface area contributed by atoms with E-state index in [0.717, 1.165) is 39.0 Å². The molecular weight excluding hydrogens is 466 g/mol. The van der Waals surface area contributed by atoms with Crippen molar-refractivity contribution in [3.63, 3.8) is 0 Å². The van der Waals surface area contributed by atoms with Gasteiger partial charge in [0.05, 0.1) is 6.04 Å². The van der Waals surface area contributed by atoms with Gasteiger partial charge in [-0.05, 0) is 36.1 Å². The van der Waals surface area contributed by atoms with Crippen molar-refractivity contribution < 1.29 is 4.79 Å². The summed E-state index contributed by atoms with van der Waals surface area (Å²) in [6, 6.07) is 30.2. The molecule has 5 heteroatoms. The first kappa shape index (κ1) is 26.4. The van der Waals surface area contributed by atoms with E-state index in [2.05, 4.69) is 103 Å². The van der Waals surface area contributed by atoms with Crippen molar-refractivity contribution in [3.05, 3.63) is 107 Å². The van der Waals surface area contributed by atoms with E-state index in [-0.39, 0.29) is 24.4 Å². The molecule has 1 heterocycles. The zero-order valence-electron chi connectivity index (χ0n) is 21.6. The fraction of sp³-hybridized carbons (Fsp3) is 0.387. The summed E-state index contributed by atoms with van der Waals surface area (Å²) < 4.78 is 0. The highest BCUT2D eigenvalue weighted by atomic mass is 35.5. The van der Waals surface area contributed by atoms with Crippen LogP contribution < -0.4 is 0 Å². The molecule has 5 rings (SSSR count). The van der Waals surface area contributed by atoms with Gasteiger partial charge in [-0.3, -0.25) is 14.6 Å². The van der Waals surface area contributed by atoms with E-state index < -0.39 is 5.54 Å². The molecule has 2 atom stereocenters. The molecule has 36 heavy (non-hydrogen) atoms. The number of rotatable bonds is 6. The zero-order chi connectivity index (χ0) is 24.4. The average Bonchev–Trinajstić information content (AvgIpc) is 3.33. The van der Waals surface area contributed by atoms with Crippen molar-refractivity contribution in [2.75, 3.05) is 33.2 Å². The van der Waals surface area contributed by atoms with Gasteiger partial charge in [-0.2, -0.15) is 0 Å². The highest BCUT2D eigenvalue weighted by Gasteiger charge is 2.50. The Hall–Kier alpha value is -2.66. The number of carbonyl (C=O) groups is 1. The largest absolute Gasteiger partial charge is 0.337 e. The fourth-order valence-corrected chi connectivity index (χ4v) is 6.04. The summed E-state index contributed by atoms with van der Waals surface area (Å²) in [6.07, 6.45) is 1.59. The summed E-state index contributed by atoms with van der Waals surface area (Å²) in [5.74, 6) is 0.245. The minimum atomic E-state index is -0.510. The van der Waals surface area contributed by atoms with Crippen molar-refractivity contribution in [1.82, 2.24) is 14.7 Å². The van der Waals surface area contributed by atoms with Crippen molar-refractivity contribution in [2.45, 2.75) is 44.3 Å². The van der Waals surface area contributed by atoms with Gasteiger partial charge in [0, 0.05) is 52.1 Å². The van der Waals surface area contributed by atoms with Crippen molar-refractivity contribution in [1.29, 1.82) is 0 Å². The summed E-state index contributed by atoms with van der Waals surface area (Å²) in [7, 11) is 1.98. The lowest BCUT2D eigenvalue weighted by atomic mass is 9.89. The number of carbonyl (C=O) groups excluding carboxylic acids is 1. The van der Waals surface area contributed by atoms with Crippen LogP contribution in [0.15, 0.2) is 84.9 Å². The molecule has 1 saturated heterocycles. The summed E-state index contributed by atoms with van der Waals surface area (Å²) in [5.41, 5.74) is 4.67. The first-order chi connectivity index (χ1) is 17.0. The molecule has 1 fully saturated rings. The van der Waals surface area contributed by atoms with E-state index >= 15 is 0 Å². The Morgan fingerprint density at radius 2 is 1.22 bits per heavy atom. The average molecular weight is 504 g/mol. The Morgan fingerprint density at radius 1 is 0.750 bits per heavy atom. The Morgan fingerprint density at radius 3 is 1.75 bits per heavy atom. The first-order valence-electron chi connectivity index (χ1n) is 12.9. The molecule has 190 valence electrons. The highest BCUT2D eigenvalue weighted by molar-refractivity contribution is 5.88. The second-order valence-electron chi connectivity index (χ2n) is 10.3. The Bertz CT molecular complexity index is 1120. The molecule has 1 aliphatic heterocycles. The minimum Gasteiger partial charge on any atom is -0.337 e. The fourth-order valence-electron chi connectivity index (χ4n) is 6.04. The van der Waals surface area contributed by atoms with Gasteiger partial charge >= 0.3 is 0 Å². The molecule has 3 aromatic carbocycles. The Balaban J connectivity index is 0.00000304. The van der Waals surface area contributed by atoms with Crippen molar-refractivity contribution >= 4 is 18.3 Å². The van der Waals surface area contributed by atoms with Crippen LogP contribution in [0, 0.1) is 0 Å². The molecule has 0 radical (unpaired) electrons. The maximum absolute atomic E-state index is 14.4. The molecule has 0 bridgehead atoms. The standard InChI is InChI=1S/C31H37N3O.ClH/c1-24(26-12-6-4-7-13-26)32(3)30(35)31(22-28-16-10-11-17-29(28)23-31)34-20-18-33(19-21-34)25(2)27-14-8-5-9-15-27;/h4-17,24-25H,18-23H2,1-3H3;1H/t24-,25-;/m1./s1. The predicted octanol–water partition coefficient (Wildman–Crippen LogP) is 5.54. The summed E-state index contributed by atoms with van der Waals surface area (Å²) >= 11 is 0. The molecule has 0 aromatic heterocycles. The summed E-state index contributed by atoms with van der Waals surface area (Å²) in [5, 5.41) is 0. The third kappa shape index (κ3) is 4.95. The molecule has 4 nitrogen and oxygen atoms in total. The van der Waals surface area contributed by atoms with Gasteiger partial charge in [-0.15, -0.1) is 12.4 Å². The molecule has 1 amide bonds. The quantitative estimate of drug-likeness (QED) is 0.441. The van der Waals surface area contributed by atoms with Crippen LogP contribution in [-0.2, 0) is 17.6 Å². The predicted molar refractivity (Wildman–Crippen MR) is 149 cm³/mol. The normalized spacial score (nSPS) is 19.1. The van der Waals surface area contributed by atoms with Crippen LogP contribution >= 0.6 is 12.4 Å². The van der Waals surface area contributed by atoms with Gasteiger partial charge in [-0.1, -0.05) is 84.9 Å². The van der Waals surface area contributed by atoms with Crippen LogP contribution in [0.1, 0.15) is 48.2 Å². The molecule has 0 saturated carbocycles. The van der Waals surface area contributed by atoms with Crippen LogP contribution in [0.25, 0.3) is 0 Å². The Labute approximate surface area is 222 Å². The van der Waals surface area contributed by atoms with Gasteiger partial charge in [-0.25, -0.2) is 0 Å². The second kappa shape index (κ2) is 11.2. The molecule has 0 spiro atoms. The first-order valence-corrected chi connectivity index (χ1v) is 12.9. The third-order valence-corrected chi connectivity index (χ3v) is 8.41. The molecule has 0 unspecified atom stereocenters. The van der Waals surface area contributed by atoms with Gasteiger partial charge in [0.25, 0.3) is 0 Å². The molecule has 2 aliphatic rings. The van der Waals surface area contributed by atoms with Crippen LogP contribution in [0.5, 0.6) is 0 Å². The minimum absolute atomic E-state index is 0. The molecule has 1 aliphatic carbocycles.